The van der Waals surface area contributed by atoms with Crippen molar-refractivity contribution >= 4 is 11.9 Å². The van der Waals surface area contributed by atoms with E-state index in [0.717, 1.165) is 36.2 Å². The first-order chi connectivity index (χ1) is 13.0. The molecule has 1 fully saturated rings. The van der Waals surface area contributed by atoms with E-state index in [2.05, 4.69) is 10.1 Å². The number of carbonyl (C=O) groups is 1. The molecule has 0 unspecified atom stereocenters. The average molecular weight is 371 g/mol. The minimum Gasteiger partial charge on any atom is -0.368 e. The van der Waals surface area contributed by atoms with Crippen LogP contribution in [0.1, 0.15) is 35.6 Å². The average Bonchev–Trinajstić information content (AvgIpc) is 3.07. The van der Waals surface area contributed by atoms with Gasteiger partial charge >= 0.3 is 0 Å². The number of piperidine rings is 1. The zero-order chi connectivity index (χ0) is 19.0. The zero-order valence-corrected chi connectivity index (χ0v) is 16.1. The second-order valence-corrected chi connectivity index (χ2v) is 7.52. The molecule has 27 heavy (non-hydrogen) atoms. The molecule has 4 rings (SSSR count). The van der Waals surface area contributed by atoms with Crippen molar-refractivity contribution in [1.82, 2.24) is 20.0 Å². The number of hydrogen-bond donors (Lipinski definition) is 0. The predicted octanol–water partition coefficient (Wildman–Crippen LogP) is 1.47. The lowest BCUT2D eigenvalue weighted by Crippen LogP contribution is -2.49. The molecule has 2 aliphatic heterocycles. The summed E-state index contributed by atoms with van der Waals surface area (Å²) in [5.41, 5.74) is 2.52. The van der Waals surface area contributed by atoms with Crippen LogP contribution in [0, 0.1) is 6.92 Å². The van der Waals surface area contributed by atoms with E-state index >= 15 is 0 Å². The molecule has 0 atom stereocenters. The van der Waals surface area contributed by atoms with Crippen molar-refractivity contribution in [2.75, 3.05) is 38.7 Å². The van der Waals surface area contributed by atoms with E-state index in [9.17, 15) is 4.79 Å². The molecule has 1 saturated heterocycles. The summed E-state index contributed by atoms with van der Waals surface area (Å²) in [6.45, 7) is 3.81. The number of nitrogens with zero attached hydrogens (tertiary/aromatic N) is 5. The third-order valence-corrected chi connectivity index (χ3v) is 5.36. The number of aromatic nitrogens is 3. The second kappa shape index (κ2) is 6.92. The number of anilines is 1. The molecule has 2 aromatic rings. The van der Waals surface area contributed by atoms with Crippen LogP contribution in [-0.2, 0) is 28.0 Å². The number of ether oxygens (including phenoxy) is 1. The lowest BCUT2D eigenvalue weighted by Gasteiger charge is -2.44. The molecule has 1 amide bonds. The maximum Gasteiger partial charge on any atom is 0.230 e. The molecule has 8 nitrogen and oxygen atoms in total. The summed E-state index contributed by atoms with van der Waals surface area (Å²) in [5, 5.41) is 3.85. The van der Waals surface area contributed by atoms with Gasteiger partial charge in [0.2, 0.25) is 11.9 Å². The van der Waals surface area contributed by atoms with Gasteiger partial charge in [-0.15, -0.1) is 0 Å². The highest BCUT2D eigenvalue weighted by Crippen LogP contribution is 2.40. The number of aryl methyl sites for hydroxylation is 1. The van der Waals surface area contributed by atoms with E-state index in [1.807, 2.05) is 43.1 Å². The van der Waals surface area contributed by atoms with Gasteiger partial charge in [-0.25, -0.2) is 9.97 Å². The maximum absolute atomic E-state index is 12.6. The van der Waals surface area contributed by atoms with Crippen molar-refractivity contribution in [3.63, 3.8) is 0 Å². The van der Waals surface area contributed by atoms with Crippen molar-refractivity contribution in [2.24, 2.45) is 0 Å². The molecule has 0 saturated carbocycles. The Morgan fingerprint density at radius 2 is 2.11 bits per heavy atom. The van der Waals surface area contributed by atoms with Crippen LogP contribution < -0.4 is 4.90 Å². The smallest absolute Gasteiger partial charge is 0.230 e. The number of amides is 1. The topological polar surface area (TPSA) is 84.6 Å². The fraction of sp³-hybridized carbons (Fsp3) is 0.579. The highest BCUT2D eigenvalue weighted by Gasteiger charge is 2.43. The van der Waals surface area contributed by atoms with Gasteiger partial charge in [-0.1, -0.05) is 5.16 Å². The lowest BCUT2D eigenvalue weighted by molar-refractivity contribution is -0.140. The van der Waals surface area contributed by atoms with E-state index in [0.29, 0.717) is 31.4 Å². The first-order valence-electron chi connectivity index (χ1n) is 9.34. The van der Waals surface area contributed by atoms with Crippen molar-refractivity contribution in [2.45, 2.75) is 38.2 Å². The third kappa shape index (κ3) is 3.41. The van der Waals surface area contributed by atoms with Gasteiger partial charge in [0.1, 0.15) is 11.4 Å². The van der Waals surface area contributed by atoms with Gasteiger partial charge in [0, 0.05) is 39.4 Å². The van der Waals surface area contributed by atoms with Crippen LogP contribution in [0.4, 0.5) is 5.95 Å². The van der Waals surface area contributed by atoms with Gasteiger partial charge in [0.25, 0.3) is 0 Å². The Kier molecular flexibility index (Phi) is 4.59. The molecule has 144 valence electrons. The van der Waals surface area contributed by atoms with Crippen LogP contribution >= 0.6 is 0 Å². The lowest BCUT2D eigenvalue weighted by atomic mass is 9.83. The Morgan fingerprint density at radius 3 is 2.78 bits per heavy atom. The summed E-state index contributed by atoms with van der Waals surface area (Å²) in [5.74, 6) is 1.37. The normalized spacial score (nSPS) is 18.4. The Balaban J connectivity index is 1.49. The molecule has 0 radical (unpaired) electrons. The fourth-order valence-electron chi connectivity index (χ4n) is 3.87. The standard InChI is InChI=1S/C19H25N5O3/c1-13-10-15(27-22-13)11-16(25)24-7-5-19(6-8-24)17-14(4-9-26-19)12-20-18(21-17)23(2)3/h10,12H,4-9,11H2,1-3H3. The van der Waals surface area contributed by atoms with Crippen LogP contribution in [0.25, 0.3) is 0 Å². The van der Waals surface area contributed by atoms with Gasteiger partial charge in [-0.2, -0.15) is 0 Å². The second-order valence-electron chi connectivity index (χ2n) is 7.52. The van der Waals surface area contributed by atoms with E-state index in [-0.39, 0.29) is 12.3 Å². The summed E-state index contributed by atoms with van der Waals surface area (Å²) in [6.07, 6.45) is 4.48. The summed E-state index contributed by atoms with van der Waals surface area (Å²) in [6, 6.07) is 1.81. The number of fused-ring (bicyclic) bond motifs is 2. The van der Waals surface area contributed by atoms with E-state index in [4.69, 9.17) is 14.2 Å². The first kappa shape index (κ1) is 17.9. The van der Waals surface area contributed by atoms with Gasteiger partial charge in [-0.3, -0.25) is 4.79 Å². The fourth-order valence-corrected chi connectivity index (χ4v) is 3.87. The van der Waals surface area contributed by atoms with E-state index in [1.54, 1.807) is 0 Å². The summed E-state index contributed by atoms with van der Waals surface area (Å²) >= 11 is 0. The highest BCUT2D eigenvalue weighted by molar-refractivity contribution is 5.78. The van der Waals surface area contributed by atoms with Crippen LogP contribution in [0.3, 0.4) is 0 Å². The van der Waals surface area contributed by atoms with Crippen LogP contribution in [0.2, 0.25) is 0 Å². The monoisotopic (exact) mass is 371 g/mol. The highest BCUT2D eigenvalue weighted by atomic mass is 16.5. The van der Waals surface area contributed by atoms with E-state index < -0.39 is 5.60 Å². The molecule has 0 aromatic carbocycles. The summed E-state index contributed by atoms with van der Waals surface area (Å²) in [7, 11) is 3.87. The third-order valence-electron chi connectivity index (χ3n) is 5.36. The van der Waals surface area contributed by atoms with Crippen molar-refractivity contribution in [1.29, 1.82) is 0 Å². The van der Waals surface area contributed by atoms with Crippen LogP contribution in [0.15, 0.2) is 16.8 Å². The predicted molar refractivity (Wildman–Crippen MR) is 98.5 cm³/mol. The number of carbonyl (C=O) groups excluding carboxylic acids is 1. The van der Waals surface area contributed by atoms with Crippen molar-refractivity contribution in [3.8, 4) is 0 Å². The maximum atomic E-state index is 12.6. The van der Waals surface area contributed by atoms with Crippen LogP contribution in [0.5, 0.6) is 0 Å². The largest absolute Gasteiger partial charge is 0.368 e. The minimum absolute atomic E-state index is 0.0636. The van der Waals surface area contributed by atoms with Gasteiger partial charge in [0.15, 0.2) is 0 Å². The SMILES string of the molecule is Cc1cc(CC(=O)N2CCC3(CC2)OCCc2cnc(N(C)C)nc23)on1. The molecule has 0 aliphatic carbocycles. The van der Waals surface area contributed by atoms with Gasteiger partial charge < -0.3 is 19.1 Å². The Bertz CT molecular complexity index is 840. The summed E-state index contributed by atoms with van der Waals surface area (Å²) in [4.78, 5) is 25.6. The zero-order valence-electron chi connectivity index (χ0n) is 16.1. The molecular weight excluding hydrogens is 346 g/mol. The molecule has 0 bridgehead atoms. The quantitative estimate of drug-likeness (QED) is 0.808. The van der Waals surface area contributed by atoms with Crippen molar-refractivity contribution < 1.29 is 14.1 Å². The molecule has 2 aliphatic rings. The molecule has 1 spiro atoms. The van der Waals surface area contributed by atoms with Gasteiger partial charge in [-0.05, 0) is 31.7 Å². The molecule has 2 aromatic heterocycles. The number of likely N-dealkylation sites (tertiary alicyclic amines) is 1. The Morgan fingerprint density at radius 1 is 1.33 bits per heavy atom. The minimum atomic E-state index is -0.416. The van der Waals surface area contributed by atoms with Crippen molar-refractivity contribution in [3.05, 3.63) is 35.0 Å². The number of rotatable bonds is 3. The molecule has 4 heterocycles. The molecular formula is C19H25N5O3. The molecule has 8 heteroatoms. The van der Waals surface area contributed by atoms with E-state index in [1.165, 1.54) is 0 Å². The Hall–Kier alpha value is -2.48. The van der Waals surface area contributed by atoms with Crippen LogP contribution in [-0.4, -0.2) is 59.7 Å². The first-order valence-corrected chi connectivity index (χ1v) is 9.34. The molecule has 0 N–H and O–H groups in total. The van der Waals surface area contributed by atoms with Gasteiger partial charge in [0.05, 0.1) is 24.4 Å². The Labute approximate surface area is 158 Å². The number of hydrogen-bond acceptors (Lipinski definition) is 7. The summed E-state index contributed by atoms with van der Waals surface area (Å²) < 4.78 is 11.4.